The van der Waals surface area contributed by atoms with Crippen LogP contribution in [0, 0.1) is 6.92 Å². The number of rotatable bonds is 8. The van der Waals surface area contributed by atoms with Gasteiger partial charge in [0.1, 0.15) is 11.5 Å². The highest BCUT2D eigenvalue weighted by atomic mass is 35.5. The molecule has 196 valence electrons. The molecule has 1 unspecified atom stereocenters. The van der Waals surface area contributed by atoms with Crippen molar-refractivity contribution in [3.8, 4) is 5.75 Å². The number of nitrogens with zero attached hydrogens (tertiary/aromatic N) is 1. The molecule has 0 aromatic heterocycles. The number of Topliss-reactive ketones (excluding diaryl/α,β-unsaturated/α-hetero) is 1. The van der Waals surface area contributed by atoms with Gasteiger partial charge in [-0.15, -0.1) is 0 Å². The summed E-state index contributed by atoms with van der Waals surface area (Å²) in [4.78, 5) is 40.4. The topological polar surface area (TPSA) is 93.1 Å². The minimum Gasteiger partial charge on any atom is -0.507 e. The molecule has 1 atom stereocenters. The Hall–Kier alpha value is -4.10. The molecule has 0 saturated carbocycles. The van der Waals surface area contributed by atoms with Crippen LogP contribution < -0.4 is 9.64 Å². The molecule has 1 fully saturated rings. The van der Waals surface area contributed by atoms with Crippen molar-refractivity contribution in [3.05, 3.63) is 99.6 Å². The van der Waals surface area contributed by atoms with Crippen molar-refractivity contribution in [2.75, 3.05) is 18.1 Å². The molecule has 3 aromatic carbocycles. The number of carbonyl (C=O) groups excluding carboxylic acids is 3. The third kappa shape index (κ3) is 5.29. The Labute approximate surface area is 226 Å². The van der Waals surface area contributed by atoms with Gasteiger partial charge in [0.15, 0.2) is 0 Å². The number of hydrogen-bond acceptors (Lipinski definition) is 6. The van der Waals surface area contributed by atoms with Crippen molar-refractivity contribution in [3.63, 3.8) is 0 Å². The molecule has 0 spiro atoms. The zero-order valence-corrected chi connectivity index (χ0v) is 22.1. The number of ketones is 1. The van der Waals surface area contributed by atoms with Crippen molar-refractivity contribution in [2.45, 2.75) is 33.2 Å². The number of halogens is 1. The number of aryl methyl sites for hydroxylation is 1. The second-order valence-electron chi connectivity index (χ2n) is 8.84. The van der Waals surface area contributed by atoms with E-state index in [4.69, 9.17) is 21.1 Å². The predicted octanol–water partition coefficient (Wildman–Crippen LogP) is 6.24. The van der Waals surface area contributed by atoms with Gasteiger partial charge in [-0.3, -0.25) is 14.5 Å². The van der Waals surface area contributed by atoms with Crippen molar-refractivity contribution in [1.82, 2.24) is 0 Å². The Morgan fingerprint density at radius 1 is 1.03 bits per heavy atom. The molecule has 4 rings (SSSR count). The summed E-state index contributed by atoms with van der Waals surface area (Å²) in [6.45, 7) is 6.33. The van der Waals surface area contributed by atoms with Crippen LogP contribution in [-0.4, -0.2) is 36.0 Å². The monoisotopic (exact) mass is 533 g/mol. The number of esters is 1. The smallest absolute Gasteiger partial charge is 0.338 e. The number of hydrogen-bond donors (Lipinski definition) is 1. The molecule has 1 aliphatic rings. The van der Waals surface area contributed by atoms with Crippen molar-refractivity contribution in [2.24, 2.45) is 0 Å². The van der Waals surface area contributed by atoms with Gasteiger partial charge < -0.3 is 14.6 Å². The number of aliphatic hydroxyl groups excluding tert-OH is 1. The predicted molar refractivity (Wildman–Crippen MR) is 146 cm³/mol. The fourth-order valence-electron chi connectivity index (χ4n) is 4.38. The first-order valence-corrected chi connectivity index (χ1v) is 12.7. The van der Waals surface area contributed by atoms with E-state index in [2.05, 4.69) is 0 Å². The van der Waals surface area contributed by atoms with E-state index in [1.165, 1.54) is 4.90 Å². The zero-order chi connectivity index (χ0) is 27.4. The van der Waals surface area contributed by atoms with Crippen molar-refractivity contribution < 1.29 is 29.0 Å². The lowest BCUT2D eigenvalue weighted by Gasteiger charge is -2.26. The molecule has 0 bridgehead atoms. The van der Waals surface area contributed by atoms with Gasteiger partial charge in [0, 0.05) is 11.3 Å². The number of carbonyl (C=O) groups is 3. The van der Waals surface area contributed by atoms with E-state index >= 15 is 0 Å². The molecule has 1 heterocycles. The minimum atomic E-state index is -0.931. The molecule has 8 heteroatoms. The number of benzene rings is 3. The molecular weight excluding hydrogens is 506 g/mol. The molecule has 3 aromatic rings. The summed E-state index contributed by atoms with van der Waals surface area (Å²) >= 11 is 6.41. The van der Waals surface area contributed by atoms with Crippen molar-refractivity contribution >= 4 is 40.7 Å². The third-order valence-electron chi connectivity index (χ3n) is 6.12. The average molecular weight is 534 g/mol. The van der Waals surface area contributed by atoms with E-state index in [0.717, 1.165) is 5.56 Å². The quantitative estimate of drug-likeness (QED) is 0.159. The van der Waals surface area contributed by atoms with Crippen LogP contribution in [0.25, 0.3) is 5.76 Å². The van der Waals surface area contributed by atoms with E-state index < -0.39 is 29.5 Å². The van der Waals surface area contributed by atoms with Crippen LogP contribution >= 0.6 is 11.6 Å². The van der Waals surface area contributed by atoms with Gasteiger partial charge in [-0.1, -0.05) is 48.4 Å². The Morgan fingerprint density at radius 2 is 1.76 bits per heavy atom. The average Bonchev–Trinajstić information content (AvgIpc) is 3.18. The van der Waals surface area contributed by atoms with Gasteiger partial charge in [-0.05, 0) is 68.3 Å². The van der Waals surface area contributed by atoms with Gasteiger partial charge in [-0.2, -0.15) is 0 Å². The highest BCUT2D eigenvalue weighted by Crippen LogP contribution is 2.43. The van der Waals surface area contributed by atoms with Crippen LogP contribution in [0.15, 0.2) is 72.3 Å². The first-order chi connectivity index (χ1) is 18.3. The van der Waals surface area contributed by atoms with Gasteiger partial charge >= 0.3 is 5.97 Å². The summed E-state index contributed by atoms with van der Waals surface area (Å²) in [6.07, 6.45) is 0.697. The number of amides is 1. The fraction of sp³-hybridized carbons (Fsp3) is 0.233. The SMILES string of the molecule is CCCOC(=O)c1ccc(N2C(=O)C(=O)/C(=C(/O)c3cc(OCC)ccc3Cl)C2c2cccc(C)c2)cc1. The summed E-state index contributed by atoms with van der Waals surface area (Å²) in [7, 11) is 0. The van der Waals surface area contributed by atoms with Gasteiger partial charge in [-0.25, -0.2) is 4.79 Å². The maximum Gasteiger partial charge on any atom is 0.338 e. The molecule has 1 aliphatic heterocycles. The van der Waals surface area contributed by atoms with E-state index in [0.29, 0.717) is 42.2 Å². The van der Waals surface area contributed by atoms with Gasteiger partial charge in [0.25, 0.3) is 11.7 Å². The maximum atomic E-state index is 13.4. The Kier molecular flexibility index (Phi) is 8.17. The molecule has 0 aliphatic carbocycles. The van der Waals surface area contributed by atoms with Crippen LogP contribution in [-0.2, 0) is 14.3 Å². The Balaban J connectivity index is 1.86. The third-order valence-corrected chi connectivity index (χ3v) is 6.45. The van der Waals surface area contributed by atoms with E-state index in [1.807, 2.05) is 39.0 Å². The maximum absolute atomic E-state index is 13.4. The molecule has 1 saturated heterocycles. The zero-order valence-electron chi connectivity index (χ0n) is 21.4. The number of aliphatic hydroxyl groups is 1. The van der Waals surface area contributed by atoms with E-state index in [-0.39, 0.29) is 16.2 Å². The highest BCUT2D eigenvalue weighted by molar-refractivity contribution is 6.52. The van der Waals surface area contributed by atoms with Crippen LogP contribution in [0.1, 0.15) is 53.4 Å². The Bertz CT molecular complexity index is 1410. The number of anilines is 1. The number of ether oxygens (including phenoxy) is 2. The molecule has 7 nitrogen and oxygen atoms in total. The summed E-state index contributed by atoms with van der Waals surface area (Å²) in [6, 6.07) is 17.4. The van der Waals surface area contributed by atoms with Crippen LogP contribution in [0.4, 0.5) is 5.69 Å². The van der Waals surface area contributed by atoms with Crippen LogP contribution in [0.3, 0.4) is 0 Å². The van der Waals surface area contributed by atoms with E-state index in [1.54, 1.807) is 48.5 Å². The largest absolute Gasteiger partial charge is 0.507 e. The second-order valence-corrected chi connectivity index (χ2v) is 9.25. The Morgan fingerprint density at radius 3 is 2.42 bits per heavy atom. The lowest BCUT2D eigenvalue weighted by Crippen LogP contribution is -2.29. The molecule has 1 amide bonds. The first-order valence-electron chi connectivity index (χ1n) is 12.3. The van der Waals surface area contributed by atoms with Crippen LogP contribution in [0.5, 0.6) is 5.75 Å². The van der Waals surface area contributed by atoms with Crippen LogP contribution in [0.2, 0.25) is 5.02 Å². The lowest BCUT2D eigenvalue weighted by atomic mass is 9.94. The standard InChI is InChI=1S/C30H28ClNO6/c1-4-15-38-30(36)19-9-11-21(12-10-19)32-26(20-8-6-7-18(3)16-20)25(28(34)29(32)35)27(33)23-17-22(37-5-2)13-14-24(23)31/h6-14,16-17,26,33H,4-5,15H2,1-3H3/b27-25+. The summed E-state index contributed by atoms with van der Waals surface area (Å²) in [5, 5.41) is 11.6. The minimum absolute atomic E-state index is 0.0948. The first kappa shape index (κ1) is 26.9. The summed E-state index contributed by atoms with van der Waals surface area (Å²) in [5.41, 5.74) is 2.35. The molecular formula is C30H28ClNO6. The van der Waals surface area contributed by atoms with Crippen molar-refractivity contribution in [1.29, 1.82) is 0 Å². The second kappa shape index (κ2) is 11.5. The molecule has 1 N–H and O–H groups in total. The van der Waals surface area contributed by atoms with Gasteiger partial charge in [0.05, 0.1) is 35.4 Å². The summed E-state index contributed by atoms with van der Waals surface area (Å²) in [5.74, 6) is -2.07. The summed E-state index contributed by atoms with van der Waals surface area (Å²) < 4.78 is 10.7. The van der Waals surface area contributed by atoms with E-state index in [9.17, 15) is 19.5 Å². The molecule has 0 radical (unpaired) electrons. The lowest BCUT2D eigenvalue weighted by molar-refractivity contribution is -0.132. The molecule has 38 heavy (non-hydrogen) atoms. The fourth-order valence-corrected chi connectivity index (χ4v) is 4.59. The highest BCUT2D eigenvalue weighted by Gasteiger charge is 2.47. The van der Waals surface area contributed by atoms with Gasteiger partial charge in [0.2, 0.25) is 0 Å². The normalized spacial score (nSPS) is 16.5.